The average Bonchev–Trinajstić information content (AvgIpc) is 2.81. The fourth-order valence-electron chi connectivity index (χ4n) is 2.83. The van der Waals surface area contributed by atoms with E-state index >= 15 is 0 Å². The van der Waals surface area contributed by atoms with Crippen LogP contribution in [-0.2, 0) is 19.2 Å². The van der Waals surface area contributed by atoms with E-state index in [2.05, 4.69) is 21.5 Å². The first-order chi connectivity index (χ1) is 15.7. The molecule has 0 aliphatic heterocycles. The van der Waals surface area contributed by atoms with Gasteiger partial charge in [-0.3, -0.25) is 4.79 Å². The van der Waals surface area contributed by atoms with Crippen molar-refractivity contribution >= 4 is 34.8 Å². The molecule has 0 heterocycles. The van der Waals surface area contributed by atoms with E-state index in [1.165, 1.54) is 13.8 Å². The number of carbonyl (C=O) groups excluding carboxylic acids is 3. The molecule has 0 radical (unpaired) electrons. The summed E-state index contributed by atoms with van der Waals surface area (Å²) in [5.74, 6) is -0.684. The number of ether oxygens (including phenoxy) is 2. The van der Waals surface area contributed by atoms with Gasteiger partial charge in [-0.25, -0.2) is 9.59 Å². The first kappa shape index (κ1) is 25.3. The number of esters is 1. The molecule has 0 bridgehead atoms. The van der Waals surface area contributed by atoms with Crippen molar-refractivity contribution in [2.75, 3.05) is 24.7 Å². The summed E-state index contributed by atoms with van der Waals surface area (Å²) in [6, 6.07) is 14.6. The number of rotatable bonds is 11. The maximum atomic E-state index is 12.4. The van der Waals surface area contributed by atoms with Crippen molar-refractivity contribution in [3.05, 3.63) is 66.2 Å². The molecule has 0 saturated heterocycles. The second-order valence-corrected chi connectivity index (χ2v) is 7.14. The molecule has 174 valence electrons. The van der Waals surface area contributed by atoms with Crippen LogP contribution in [0, 0.1) is 0 Å². The molecule has 0 spiro atoms. The van der Waals surface area contributed by atoms with E-state index in [1.54, 1.807) is 19.1 Å². The molecule has 0 amide bonds. The quantitative estimate of drug-likeness (QED) is 0.0944. The van der Waals surface area contributed by atoms with E-state index < -0.39 is 11.9 Å². The number of Topliss-reactive ketones (excluding diaryl/α,β-unsaturated/α-hetero) is 1. The van der Waals surface area contributed by atoms with E-state index in [1.807, 2.05) is 43.3 Å². The Kier molecular flexibility index (Phi) is 9.35. The van der Waals surface area contributed by atoms with Crippen molar-refractivity contribution in [3.63, 3.8) is 0 Å². The number of carbonyl (C=O) groups is 3. The number of hydrogen-bond donors (Lipinski definition) is 0. The molecule has 2 aromatic carbocycles. The summed E-state index contributed by atoms with van der Waals surface area (Å²) < 4.78 is 10.6. The van der Waals surface area contributed by atoms with Crippen molar-refractivity contribution in [1.82, 2.24) is 0 Å². The summed E-state index contributed by atoms with van der Waals surface area (Å²) in [4.78, 5) is 41.2. The summed E-state index contributed by atoms with van der Waals surface area (Å²) in [6.45, 7) is 10.9. The predicted octanol–water partition coefficient (Wildman–Crippen LogP) is 4.46. The highest BCUT2D eigenvalue weighted by Crippen LogP contribution is 2.27. The smallest absolute Gasteiger partial charge is 0.333 e. The zero-order chi connectivity index (χ0) is 24.4. The Morgan fingerprint density at radius 3 is 2.00 bits per heavy atom. The van der Waals surface area contributed by atoms with Gasteiger partial charge in [-0.2, -0.15) is 0 Å². The number of oxime groups is 1. The number of benzene rings is 2. The van der Waals surface area contributed by atoms with E-state index in [0.717, 1.165) is 11.4 Å². The molecule has 2 aromatic rings. The highest BCUT2D eigenvalue weighted by atomic mass is 16.7. The third-order valence-electron chi connectivity index (χ3n) is 4.48. The molecule has 0 unspecified atom stereocenters. The van der Waals surface area contributed by atoms with E-state index in [0.29, 0.717) is 23.4 Å². The number of hydrogen-bond acceptors (Lipinski definition) is 8. The van der Waals surface area contributed by atoms with E-state index in [4.69, 9.17) is 9.47 Å². The summed E-state index contributed by atoms with van der Waals surface area (Å²) in [5, 5.41) is 3.54. The van der Waals surface area contributed by atoms with Gasteiger partial charge in [0, 0.05) is 36.0 Å². The maximum Gasteiger partial charge on any atom is 0.333 e. The molecule has 0 aliphatic rings. The Balaban J connectivity index is 2.01. The molecular weight excluding hydrogens is 424 g/mol. The van der Waals surface area contributed by atoms with Gasteiger partial charge in [0.15, 0.2) is 0 Å². The lowest BCUT2D eigenvalue weighted by molar-refractivity contribution is -0.141. The van der Waals surface area contributed by atoms with Gasteiger partial charge in [-0.05, 0) is 69.3 Å². The molecule has 0 N–H and O–H groups in total. The second-order valence-electron chi connectivity index (χ2n) is 7.14. The number of nitrogens with zero attached hydrogens (tertiary/aromatic N) is 2. The lowest BCUT2D eigenvalue weighted by Gasteiger charge is -2.23. The van der Waals surface area contributed by atoms with Gasteiger partial charge in [-0.1, -0.05) is 11.7 Å². The highest BCUT2D eigenvalue weighted by Gasteiger charge is 2.13. The molecule has 0 saturated carbocycles. The largest absolute Gasteiger partial charge is 0.490 e. The second kappa shape index (κ2) is 12.2. The lowest BCUT2D eigenvalue weighted by Crippen LogP contribution is -2.17. The molecule has 2 rings (SSSR count). The van der Waals surface area contributed by atoms with Crippen molar-refractivity contribution in [3.8, 4) is 5.75 Å². The van der Waals surface area contributed by atoms with Crippen LogP contribution < -0.4 is 9.64 Å². The molecule has 0 atom stereocenters. The average molecular weight is 453 g/mol. The van der Waals surface area contributed by atoms with Gasteiger partial charge in [0.05, 0.1) is 0 Å². The SMILES string of the molecule is C=C(C)C(=O)OCCOc1ccc(N(CC)c2ccc(C(=O)/C(C)=N/OC(C)=O)cc2)cc1. The molecule has 8 heteroatoms. The van der Waals surface area contributed by atoms with Crippen molar-refractivity contribution in [2.45, 2.75) is 27.7 Å². The molecule has 8 nitrogen and oxygen atoms in total. The van der Waals surface area contributed by atoms with Crippen LogP contribution >= 0.6 is 0 Å². The maximum absolute atomic E-state index is 12.4. The summed E-state index contributed by atoms with van der Waals surface area (Å²) in [7, 11) is 0. The minimum absolute atomic E-state index is 0.0929. The third-order valence-corrected chi connectivity index (χ3v) is 4.48. The minimum Gasteiger partial charge on any atom is -0.490 e. The van der Waals surface area contributed by atoms with Crippen LogP contribution in [0.15, 0.2) is 65.8 Å². The van der Waals surface area contributed by atoms with Crippen LogP contribution in [-0.4, -0.2) is 43.2 Å². The molecular formula is C25H28N2O6. The lowest BCUT2D eigenvalue weighted by atomic mass is 10.1. The highest BCUT2D eigenvalue weighted by molar-refractivity contribution is 6.45. The van der Waals surface area contributed by atoms with Gasteiger partial charge in [0.25, 0.3) is 0 Å². The fraction of sp³-hybridized carbons (Fsp3) is 0.280. The zero-order valence-corrected chi connectivity index (χ0v) is 19.3. The first-order valence-electron chi connectivity index (χ1n) is 10.4. The van der Waals surface area contributed by atoms with E-state index in [-0.39, 0.29) is 24.7 Å². The molecule has 0 aliphatic carbocycles. The topological polar surface area (TPSA) is 94.5 Å². The van der Waals surface area contributed by atoms with Crippen LogP contribution in [0.4, 0.5) is 11.4 Å². The normalized spacial score (nSPS) is 10.8. The monoisotopic (exact) mass is 452 g/mol. The van der Waals surface area contributed by atoms with Gasteiger partial charge in [-0.15, -0.1) is 0 Å². The minimum atomic E-state index is -0.585. The Morgan fingerprint density at radius 1 is 0.909 bits per heavy atom. The standard InChI is InChI=1S/C25H28N2O6/c1-6-27(21-9-7-20(8-10-21)24(29)18(4)26-33-19(5)28)22-11-13-23(14-12-22)31-15-16-32-25(30)17(2)3/h7-14H,2,6,15-16H2,1,3-5H3/b26-18+. The Bertz CT molecular complexity index is 1030. The van der Waals surface area contributed by atoms with Crippen molar-refractivity contribution < 1.29 is 28.7 Å². The van der Waals surface area contributed by atoms with Gasteiger partial charge in [0.2, 0.25) is 5.78 Å². The summed E-state index contributed by atoms with van der Waals surface area (Å²) in [6.07, 6.45) is 0. The van der Waals surface area contributed by atoms with Crippen LogP contribution in [0.2, 0.25) is 0 Å². The van der Waals surface area contributed by atoms with Crippen LogP contribution in [0.1, 0.15) is 38.1 Å². The van der Waals surface area contributed by atoms with Crippen LogP contribution in [0.3, 0.4) is 0 Å². The first-order valence-corrected chi connectivity index (χ1v) is 10.4. The van der Waals surface area contributed by atoms with Gasteiger partial charge in [0.1, 0.15) is 24.7 Å². The van der Waals surface area contributed by atoms with Crippen LogP contribution in [0.25, 0.3) is 0 Å². The van der Waals surface area contributed by atoms with E-state index in [9.17, 15) is 14.4 Å². The summed E-state index contributed by atoms with van der Waals surface area (Å²) >= 11 is 0. The van der Waals surface area contributed by atoms with Gasteiger partial charge >= 0.3 is 11.9 Å². The zero-order valence-electron chi connectivity index (χ0n) is 19.3. The fourth-order valence-corrected chi connectivity index (χ4v) is 2.83. The van der Waals surface area contributed by atoms with Crippen LogP contribution in [0.5, 0.6) is 5.75 Å². The Labute approximate surface area is 193 Å². The Hall–Kier alpha value is -3.94. The number of ketones is 1. The van der Waals surface area contributed by atoms with Gasteiger partial charge < -0.3 is 19.2 Å². The Morgan fingerprint density at radius 2 is 1.48 bits per heavy atom. The number of anilines is 2. The molecule has 0 aromatic heterocycles. The van der Waals surface area contributed by atoms with Crippen molar-refractivity contribution in [1.29, 1.82) is 0 Å². The molecule has 0 fully saturated rings. The third kappa shape index (κ3) is 7.60. The predicted molar refractivity (Wildman–Crippen MR) is 126 cm³/mol. The van der Waals surface area contributed by atoms with Crippen molar-refractivity contribution in [2.24, 2.45) is 5.16 Å². The molecule has 33 heavy (non-hydrogen) atoms. The summed E-state index contributed by atoms with van der Waals surface area (Å²) in [5.41, 5.74) is 2.74.